The molecule has 1 aliphatic rings. The number of hydrogen-bond donors (Lipinski definition) is 1. The maximum Gasteiger partial charge on any atom is 0.227 e. The van der Waals surface area contributed by atoms with E-state index in [4.69, 9.17) is 0 Å². The lowest BCUT2D eigenvalue weighted by atomic mass is 9.88. The van der Waals surface area contributed by atoms with Crippen LogP contribution in [0, 0.1) is 12.8 Å². The molecule has 0 radical (unpaired) electrons. The van der Waals surface area contributed by atoms with Crippen LogP contribution in [0.25, 0.3) is 0 Å². The molecule has 1 aromatic heterocycles. The van der Waals surface area contributed by atoms with Gasteiger partial charge in [0.1, 0.15) is 0 Å². The van der Waals surface area contributed by atoms with E-state index < -0.39 is 0 Å². The lowest BCUT2D eigenvalue weighted by Crippen LogP contribution is -2.24. The number of carbonyl (C=O) groups excluding carboxylic acids is 1. The number of hydrogen-bond acceptors (Lipinski definition) is 2. The van der Waals surface area contributed by atoms with Crippen LogP contribution in [-0.2, 0) is 11.3 Å². The first-order valence-electron chi connectivity index (χ1n) is 6.55. The lowest BCUT2D eigenvalue weighted by molar-refractivity contribution is -0.120. The number of nitrogens with one attached hydrogen (secondary N) is 1. The van der Waals surface area contributed by atoms with Crippen molar-refractivity contribution >= 4 is 11.6 Å². The van der Waals surface area contributed by atoms with E-state index in [0.29, 0.717) is 0 Å². The Morgan fingerprint density at radius 3 is 2.76 bits per heavy atom. The smallest absolute Gasteiger partial charge is 0.227 e. The first kappa shape index (κ1) is 12.1. The Hall–Kier alpha value is -1.32. The first-order chi connectivity index (χ1) is 8.22. The summed E-state index contributed by atoms with van der Waals surface area (Å²) in [6.45, 7) is 4.88. The van der Waals surface area contributed by atoms with Gasteiger partial charge in [-0.1, -0.05) is 19.3 Å². The summed E-state index contributed by atoms with van der Waals surface area (Å²) in [6, 6.07) is 0. The number of aromatic nitrogens is 2. The Morgan fingerprint density at radius 2 is 2.18 bits per heavy atom. The van der Waals surface area contributed by atoms with Gasteiger partial charge in [0.15, 0.2) is 0 Å². The van der Waals surface area contributed by atoms with Gasteiger partial charge in [-0.15, -0.1) is 0 Å². The van der Waals surface area contributed by atoms with E-state index in [1.807, 2.05) is 18.5 Å². The summed E-state index contributed by atoms with van der Waals surface area (Å²) in [5.74, 6) is 0.372. The van der Waals surface area contributed by atoms with Crippen LogP contribution in [0.1, 0.15) is 44.7 Å². The van der Waals surface area contributed by atoms with Crippen LogP contribution >= 0.6 is 0 Å². The van der Waals surface area contributed by atoms with Crippen molar-refractivity contribution < 1.29 is 4.79 Å². The number of amides is 1. The minimum atomic E-state index is 0.170. The number of anilines is 1. The van der Waals surface area contributed by atoms with Gasteiger partial charge in [0, 0.05) is 12.5 Å². The predicted molar refractivity (Wildman–Crippen MR) is 67.8 cm³/mol. The minimum Gasteiger partial charge on any atom is -0.323 e. The standard InChI is InChI=1S/C13H21N3O/c1-3-16-10(2)12(9-14-16)15-13(17)11-7-5-4-6-8-11/h9,11H,3-8H2,1-2H3,(H,15,17). The van der Waals surface area contributed by atoms with Gasteiger partial charge in [-0.25, -0.2) is 0 Å². The third kappa shape index (κ3) is 2.68. The number of rotatable bonds is 3. The van der Waals surface area contributed by atoms with Gasteiger partial charge < -0.3 is 5.32 Å². The largest absolute Gasteiger partial charge is 0.323 e. The molecule has 0 bridgehead atoms. The summed E-state index contributed by atoms with van der Waals surface area (Å²) in [4.78, 5) is 12.1. The van der Waals surface area contributed by atoms with Crippen molar-refractivity contribution in [2.24, 2.45) is 5.92 Å². The quantitative estimate of drug-likeness (QED) is 0.875. The number of aryl methyl sites for hydroxylation is 1. The zero-order chi connectivity index (χ0) is 12.3. The highest BCUT2D eigenvalue weighted by molar-refractivity contribution is 5.92. The van der Waals surface area contributed by atoms with Crippen molar-refractivity contribution in [3.8, 4) is 0 Å². The molecule has 1 N–H and O–H groups in total. The van der Waals surface area contributed by atoms with Crippen LogP contribution in [-0.4, -0.2) is 15.7 Å². The molecule has 94 valence electrons. The molecule has 17 heavy (non-hydrogen) atoms. The first-order valence-corrected chi connectivity index (χ1v) is 6.55. The van der Waals surface area contributed by atoms with E-state index in [2.05, 4.69) is 10.4 Å². The maximum atomic E-state index is 12.1. The zero-order valence-corrected chi connectivity index (χ0v) is 10.7. The lowest BCUT2D eigenvalue weighted by Gasteiger charge is -2.20. The van der Waals surface area contributed by atoms with Crippen molar-refractivity contribution in [1.82, 2.24) is 9.78 Å². The number of nitrogens with zero attached hydrogens (tertiary/aromatic N) is 2. The molecular weight excluding hydrogens is 214 g/mol. The third-order valence-corrected chi connectivity index (χ3v) is 3.64. The van der Waals surface area contributed by atoms with E-state index in [-0.39, 0.29) is 11.8 Å². The molecule has 1 heterocycles. The Labute approximate surface area is 102 Å². The Bertz CT molecular complexity index is 391. The average molecular weight is 235 g/mol. The highest BCUT2D eigenvalue weighted by atomic mass is 16.1. The van der Waals surface area contributed by atoms with Gasteiger partial charge >= 0.3 is 0 Å². The second-order valence-electron chi connectivity index (χ2n) is 4.78. The molecule has 4 heteroatoms. The van der Waals surface area contributed by atoms with Crippen LogP contribution in [0.4, 0.5) is 5.69 Å². The summed E-state index contributed by atoms with van der Waals surface area (Å²) in [6.07, 6.45) is 7.46. The molecule has 1 saturated carbocycles. The normalized spacial score (nSPS) is 17.1. The van der Waals surface area contributed by atoms with Crippen LogP contribution in [0.2, 0.25) is 0 Å². The predicted octanol–water partition coefficient (Wildman–Crippen LogP) is 2.73. The van der Waals surface area contributed by atoms with Crippen LogP contribution < -0.4 is 5.32 Å². The van der Waals surface area contributed by atoms with Gasteiger partial charge in [0.05, 0.1) is 17.6 Å². The topological polar surface area (TPSA) is 46.9 Å². The molecule has 2 rings (SSSR count). The summed E-state index contributed by atoms with van der Waals surface area (Å²) in [5, 5.41) is 7.25. The van der Waals surface area contributed by atoms with E-state index >= 15 is 0 Å². The van der Waals surface area contributed by atoms with Crippen molar-refractivity contribution in [2.75, 3.05) is 5.32 Å². The molecule has 1 aliphatic carbocycles. The highest BCUT2D eigenvalue weighted by Crippen LogP contribution is 2.25. The second kappa shape index (κ2) is 5.34. The Kier molecular flexibility index (Phi) is 3.82. The molecule has 0 aromatic carbocycles. The maximum absolute atomic E-state index is 12.1. The SMILES string of the molecule is CCn1ncc(NC(=O)C2CCCCC2)c1C. The van der Waals surface area contributed by atoms with Crippen molar-refractivity contribution in [1.29, 1.82) is 0 Å². The molecule has 0 spiro atoms. The molecule has 0 saturated heterocycles. The minimum absolute atomic E-state index is 0.170. The van der Waals surface area contributed by atoms with E-state index in [0.717, 1.165) is 30.8 Å². The summed E-state index contributed by atoms with van der Waals surface area (Å²) in [7, 11) is 0. The molecule has 1 amide bonds. The Balaban J connectivity index is 1.99. The molecule has 0 aliphatic heterocycles. The molecule has 1 aromatic rings. The number of carbonyl (C=O) groups is 1. The van der Waals surface area contributed by atoms with Gasteiger partial charge in [0.2, 0.25) is 5.91 Å². The van der Waals surface area contributed by atoms with Crippen LogP contribution in [0.5, 0.6) is 0 Å². The highest BCUT2D eigenvalue weighted by Gasteiger charge is 2.22. The molecule has 4 nitrogen and oxygen atoms in total. The van der Waals surface area contributed by atoms with E-state index in [1.165, 1.54) is 19.3 Å². The molecule has 0 unspecified atom stereocenters. The van der Waals surface area contributed by atoms with Crippen molar-refractivity contribution in [2.45, 2.75) is 52.5 Å². The summed E-state index contributed by atoms with van der Waals surface area (Å²) < 4.78 is 1.90. The van der Waals surface area contributed by atoms with Gasteiger partial charge in [0.25, 0.3) is 0 Å². The third-order valence-electron chi connectivity index (χ3n) is 3.64. The fraction of sp³-hybridized carbons (Fsp3) is 0.692. The molecular formula is C13H21N3O. The summed E-state index contributed by atoms with van der Waals surface area (Å²) in [5.41, 5.74) is 1.90. The second-order valence-corrected chi connectivity index (χ2v) is 4.78. The van der Waals surface area contributed by atoms with Crippen LogP contribution in [0.3, 0.4) is 0 Å². The average Bonchev–Trinajstić information content (AvgIpc) is 2.71. The fourth-order valence-electron chi connectivity index (χ4n) is 2.49. The monoisotopic (exact) mass is 235 g/mol. The van der Waals surface area contributed by atoms with Crippen LogP contribution in [0.15, 0.2) is 6.20 Å². The van der Waals surface area contributed by atoms with Gasteiger partial charge in [-0.2, -0.15) is 5.10 Å². The van der Waals surface area contributed by atoms with Crippen molar-refractivity contribution in [3.63, 3.8) is 0 Å². The zero-order valence-electron chi connectivity index (χ0n) is 10.7. The van der Waals surface area contributed by atoms with Gasteiger partial charge in [-0.05, 0) is 26.7 Å². The summed E-state index contributed by atoms with van der Waals surface area (Å²) >= 11 is 0. The van der Waals surface area contributed by atoms with E-state index in [1.54, 1.807) is 6.20 Å². The van der Waals surface area contributed by atoms with Gasteiger partial charge in [-0.3, -0.25) is 9.48 Å². The molecule has 0 atom stereocenters. The molecule has 1 fully saturated rings. The Morgan fingerprint density at radius 1 is 1.47 bits per heavy atom. The van der Waals surface area contributed by atoms with E-state index in [9.17, 15) is 4.79 Å². The fourth-order valence-corrected chi connectivity index (χ4v) is 2.49. The van der Waals surface area contributed by atoms with Crippen molar-refractivity contribution in [3.05, 3.63) is 11.9 Å².